The van der Waals surface area contributed by atoms with E-state index >= 15 is 0 Å². The van der Waals surface area contributed by atoms with Crippen LogP contribution in [0.5, 0.6) is 0 Å². The second-order valence-corrected chi connectivity index (χ2v) is 6.98. The molecule has 1 aliphatic rings. The lowest BCUT2D eigenvalue weighted by atomic mass is 10.1. The van der Waals surface area contributed by atoms with Crippen LogP contribution in [-0.4, -0.2) is 23.1 Å². The molecule has 0 atom stereocenters. The number of hydrogen-bond acceptors (Lipinski definition) is 5. The summed E-state index contributed by atoms with van der Waals surface area (Å²) >= 11 is 0. The first kappa shape index (κ1) is 18.0. The normalized spacial score (nSPS) is 14.2. The van der Waals surface area contributed by atoms with Crippen LogP contribution in [0.2, 0.25) is 0 Å². The van der Waals surface area contributed by atoms with Crippen LogP contribution in [-0.2, 0) is 0 Å². The number of anilines is 3. The van der Waals surface area contributed by atoms with Crippen molar-refractivity contribution in [2.24, 2.45) is 0 Å². The standard InChI is InChI=1S/C23H23N5/c24-17-19-12-6-7-13-20(19)25-23-26-21(18-10-4-3-5-11-18)16-22(27-23)28-14-8-1-2-9-15-28/h3-7,10-13,16H,1-2,8-9,14-15H2,(H,25,26,27). The number of nitrogens with one attached hydrogen (secondary N) is 1. The number of para-hydroxylation sites is 1. The summed E-state index contributed by atoms with van der Waals surface area (Å²) in [5.41, 5.74) is 3.23. The highest BCUT2D eigenvalue weighted by Gasteiger charge is 2.15. The average Bonchev–Trinajstić information content (AvgIpc) is 3.04. The third kappa shape index (κ3) is 4.12. The Balaban J connectivity index is 1.74. The molecule has 2 aromatic carbocycles. The topological polar surface area (TPSA) is 64.8 Å². The molecule has 0 amide bonds. The molecule has 0 bridgehead atoms. The van der Waals surface area contributed by atoms with E-state index in [-0.39, 0.29) is 0 Å². The highest BCUT2D eigenvalue weighted by atomic mass is 15.2. The molecule has 1 aliphatic heterocycles. The van der Waals surface area contributed by atoms with E-state index in [2.05, 4.69) is 34.5 Å². The van der Waals surface area contributed by atoms with Gasteiger partial charge in [0.25, 0.3) is 0 Å². The van der Waals surface area contributed by atoms with Crippen LogP contribution < -0.4 is 10.2 Å². The van der Waals surface area contributed by atoms with Gasteiger partial charge in [0.2, 0.25) is 5.95 Å². The fourth-order valence-corrected chi connectivity index (χ4v) is 3.52. The summed E-state index contributed by atoms with van der Waals surface area (Å²) in [7, 11) is 0. The molecule has 0 aliphatic carbocycles. The van der Waals surface area contributed by atoms with E-state index in [4.69, 9.17) is 9.97 Å². The Labute approximate surface area is 165 Å². The Morgan fingerprint density at radius 3 is 2.32 bits per heavy atom. The van der Waals surface area contributed by atoms with Crippen molar-refractivity contribution in [3.63, 3.8) is 0 Å². The SMILES string of the molecule is N#Cc1ccccc1Nc1nc(-c2ccccc2)cc(N2CCCCCC2)n1. The maximum Gasteiger partial charge on any atom is 0.229 e. The van der Waals surface area contributed by atoms with Crippen molar-refractivity contribution in [3.8, 4) is 17.3 Å². The first-order valence-corrected chi connectivity index (χ1v) is 9.79. The summed E-state index contributed by atoms with van der Waals surface area (Å²) in [4.78, 5) is 11.9. The van der Waals surface area contributed by atoms with Crippen LogP contribution in [0.1, 0.15) is 31.2 Å². The molecule has 3 aromatic rings. The summed E-state index contributed by atoms with van der Waals surface area (Å²) in [6.07, 6.45) is 4.91. The van der Waals surface area contributed by atoms with Gasteiger partial charge in [-0.25, -0.2) is 4.98 Å². The number of hydrogen-bond donors (Lipinski definition) is 1. The minimum atomic E-state index is 0.517. The van der Waals surface area contributed by atoms with Gasteiger partial charge >= 0.3 is 0 Å². The summed E-state index contributed by atoms with van der Waals surface area (Å²) < 4.78 is 0. The van der Waals surface area contributed by atoms with E-state index in [1.807, 2.05) is 36.4 Å². The van der Waals surface area contributed by atoms with Crippen LogP contribution in [0.3, 0.4) is 0 Å². The van der Waals surface area contributed by atoms with E-state index in [1.165, 1.54) is 25.7 Å². The van der Waals surface area contributed by atoms with Gasteiger partial charge in [0.05, 0.1) is 16.9 Å². The zero-order valence-electron chi connectivity index (χ0n) is 15.8. The molecule has 1 fully saturated rings. The van der Waals surface area contributed by atoms with Crippen LogP contribution in [0.25, 0.3) is 11.3 Å². The fourth-order valence-electron chi connectivity index (χ4n) is 3.52. The van der Waals surface area contributed by atoms with E-state index in [0.29, 0.717) is 11.5 Å². The molecule has 1 aromatic heterocycles. The number of rotatable bonds is 4. The molecule has 5 heteroatoms. The molecule has 140 valence electrons. The average molecular weight is 369 g/mol. The van der Waals surface area contributed by atoms with Gasteiger partial charge in [0.15, 0.2) is 0 Å². The van der Waals surface area contributed by atoms with Crippen molar-refractivity contribution in [3.05, 3.63) is 66.2 Å². The van der Waals surface area contributed by atoms with Crippen molar-refractivity contribution in [1.29, 1.82) is 5.26 Å². The highest BCUT2D eigenvalue weighted by molar-refractivity contribution is 5.68. The zero-order chi connectivity index (χ0) is 19.2. The van der Waals surface area contributed by atoms with Gasteiger partial charge in [0, 0.05) is 24.7 Å². The Morgan fingerprint density at radius 1 is 0.857 bits per heavy atom. The van der Waals surface area contributed by atoms with Crippen LogP contribution >= 0.6 is 0 Å². The number of aromatic nitrogens is 2. The lowest BCUT2D eigenvalue weighted by Crippen LogP contribution is -2.25. The maximum atomic E-state index is 9.38. The van der Waals surface area contributed by atoms with Gasteiger partial charge in [0.1, 0.15) is 11.9 Å². The molecule has 0 radical (unpaired) electrons. The second kappa shape index (κ2) is 8.53. The van der Waals surface area contributed by atoms with Gasteiger partial charge in [-0.15, -0.1) is 0 Å². The van der Waals surface area contributed by atoms with Crippen LogP contribution in [0.4, 0.5) is 17.5 Å². The smallest absolute Gasteiger partial charge is 0.229 e. The molecular formula is C23H23N5. The molecule has 2 heterocycles. The van der Waals surface area contributed by atoms with Gasteiger partial charge in [-0.3, -0.25) is 0 Å². The third-order valence-electron chi connectivity index (χ3n) is 5.01. The van der Waals surface area contributed by atoms with Crippen molar-refractivity contribution in [2.45, 2.75) is 25.7 Å². The van der Waals surface area contributed by atoms with Crippen molar-refractivity contribution < 1.29 is 0 Å². The lowest BCUT2D eigenvalue weighted by molar-refractivity contribution is 0.726. The van der Waals surface area contributed by atoms with Crippen molar-refractivity contribution >= 4 is 17.5 Å². The molecule has 5 nitrogen and oxygen atoms in total. The van der Waals surface area contributed by atoms with E-state index in [9.17, 15) is 5.26 Å². The second-order valence-electron chi connectivity index (χ2n) is 6.98. The quantitative estimate of drug-likeness (QED) is 0.690. The van der Waals surface area contributed by atoms with E-state index < -0.39 is 0 Å². The van der Waals surface area contributed by atoms with E-state index in [1.54, 1.807) is 6.07 Å². The molecule has 0 saturated carbocycles. The number of benzene rings is 2. The molecule has 0 unspecified atom stereocenters. The monoisotopic (exact) mass is 369 g/mol. The predicted octanol–water partition coefficient (Wildman–Crippen LogP) is 5.14. The molecule has 0 spiro atoms. The third-order valence-corrected chi connectivity index (χ3v) is 5.01. The first-order chi connectivity index (χ1) is 13.8. The zero-order valence-corrected chi connectivity index (χ0v) is 15.8. The Morgan fingerprint density at radius 2 is 1.57 bits per heavy atom. The predicted molar refractivity (Wildman–Crippen MR) is 113 cm³/mol. The summed E-state index contributed by atoms with van der Waals surface area (Å²) in [5.74, 6) is 1.45. The molecule has 1 saturated heterocycles. The molecule has 28 heavy (non-hydrogen) atoms. The summed E-state index contributed by atoms with van der Waals surface area (Å²) in [6, 6.07) is 21.9. The van der Waals surface area contributed by atoms with Gasteiger partial charge in [-0.2, -0.15) is 10.2 Å². The summed E-state index contributed by atoms with van der Waals surface area (Å²) in [5, 5.41) is 12.6. The van der Waals surface area contributed by atoms with Crippen molar-refractivity contribution in [2.75, 3.05) is 23.3 Å². The van der Waals surface area contributed by atoms with E-state index in [0.717, 1.165) is 35.9 Å². The molecule has 4 rings (SSSR count). The van der Waals surface area contributed by atoms with Crippen molar-refractivity contribution in [1.82, 2.24) is 9.97 Å². The number of nitrogens with zero attached hydrogens (tertiary/aromatic N) is 4. The minimum Gasteiger partial charge on any atom is -0.356 e. The Hall–Kier alpha value is -3.39. The van der Waals surface area contributed by atoms with Crippen LogP contribution in [0, 0.1) is 11.3 Å². The first-order valence-electron chi connectivity index (χ1n) is 9.79. The minimum absolute atomic E-state index is 0.517. The Bertz CT molecular complexity index is 970. The van der Waals surface area contributed by atoms with Crippen LogP contribution in [0.15, 0.2) is 60.7 Å². The fraction of sp³-hybridized carbons (Fsp3) is 0.261. The van der Waals surface area contributed by atoms with Gasteiger partial charge < -0.3 is 10.2 Å². The largest absolute Gasteiger partial charge is 0.356 e. The summed E-state index contributed by atoms with van der Waals surface area (Å²) in [6.45, 7) is 2.03. The number of nitriles is 1. The molecular weight excluding hydrogens is 346 g/mol. The lowest BCUT2D eigenvalue weighted by Gasteiger charge is -2.22. The highest BCUT2D eigenvalue weighted by Crippen LogP contribution is 2.27. The Kier molecular flexibility index (Phi) is 5.48. The van der Waals surface area contributed by atoms with Gasteiger partial charge in [-0.05, 0) is 25.0 Å². The molecule has 1 N–H and O–H groups in total. The maximum absolute atomic E-state index is 9.38. The van der Waals surface area contributed by atoms with Gasteiger partial charge in [-0.1, -0.05) is 55.3 Å².